The maximum Gasteiger partial charge on any atom is 0.229 e. The first kappa shape index (κ1) is 16.1. The Morgan fingerprint density at radius 1 is 1.11 bits per heavy atom. The van der Waals surface area contributed by atoms with E-state index in [9.17, 15) is 9.59 Å². The van der Waals surface area contributed by atoms with Crippen LogP contribution in [-0.4, -0.2) is 42.8 Å². The molecule has 5 heteroatoms. The van der Waals surface area contributed by atoms with Crippen molar-refractivity contribution in [2.24, 2.45) is 5.41 Å². The standard InChI is InChI=1S/C14H25NO4/c1-5-18-13(19-6-2)7-8-15-11(16)9-14(3,4)10-12(15)17/h13H,5-10H2,1-4H3. The molecule has 19 heavy (non-hydrogen) atoms. The molecule has 0 aromatic heterocycles. The van der Waals surface area contributed by atoms with E-state index in [0.29, 0.717) is 39.0 Å². The molecule has 1 saturated heterocycles. The van der Waals surface area contributed by atoms with E-state index >= 15 is 0 Å². The normalized spacial score (nSPS) is 19.3. The van der Waals surface area contributed by atoms with Gasteiger partial charge in [-0.15, -0.1) is 0 Å². The molecule has 0 aliphatic carbocycles. The molecule has 1 aliphatic heterocycles. The molecular formula is C14H25NO4. The third-order valence-electron chi connectivity index (χ3n) is 3.16. The number of hydrogen-bond acceptors (Lipinski definition) is 4. The molecule has 1 aliphatic rings. The average molecular weight is 271 g/mol. The summed E-state index contributed by atoms with van der Waals surface area (Å²) in [5, 5.41) is 0. The number of likely N-dealkylation sites (tertiary alicyclic amines) is 1. The Morgan fingerprint density at radius 2 is 1.58 bits per heavy atom. The van der Waals surface area contributed by atoms with Gasteiger partial charge < -0.3 is 9.47 Å². The number of rotatable bonds is 7. The molecule has 1 heterocycles. The highest BCUT2D eigenvalue weighted by Crippen LogP contribution is 2.31. The largest absolute Gasteiger partial charge is 0.353 e. The Morgan fingerprint density at radius 3 is 2.00 bits per heavy atom. The van der Waals surface area contributed by atoms with Crippen molar-refractivity contribution in [3.63, 3.8) is 0 Å². The van der Waals surface area contributed by atoms with Crippen LogP contribution < -0.4 is 0 Å². The van der Waals surface area contributed by atoms with Gasteiger partial charge in [-0.2, -0.15) is 0 Å². The SMILES string of the molecule is CCOC(CCN1C(=O)CC(C)(C)CC1=O)OCC. The number of imide groups is 1. The molecule has 0 N–H and O–H groups in total. The first-order valence-electron chi connectivity index (χ1n) is 6.96. The van der Waals surface area contributed by atoms with E-state index in [-0.39, 0.29) is 23.5 Å². The molecule has 0 spiro atoms. The van der Waals surface area contributed by atoms with Crippen molar-refractivity contribution in [2.45, 2.75) is 53.2 Å². The lowest BCUT2D eigenvalue weighted by molar-refractivity contribution is -0.159. The summed E-state index contributed by atoms with van der Waals surface area (Å²) in [5.41, 5.74) is -0.218. The van der Waals surface area contributed by atoms with Crippen molar-refractivity contribution >= 4 is 11.8 Å². The zero-order valence-electron chi connectivity index (χ0n) is 12.4. The van der Waals surface area contributed by atoms with Crippen molar-refractivity contribution in [2.75, 3.05) is 19.8 Å². The molecule has 0 saturated carbocycles. The second-order valence-electron chi connectivity index (χ2n) is 5.59. The van der Waals surface area contributed by atoms with Crippen molar-refractivity contribution < 1.29 is 19.1 Å². The summed E-state index contributed by atoms with van der Waals surface area (Å²) in [6, 6.07) is 0. The molecule has 5 nitrogen and oxygen atoms in total. The van der Waals surface area contributed by atoms with Crippen LogP contribution >= 0.6 is 0 Å². The average Bonchev–Trinajstić information content (AvgIpc) is 2.26. The van der Waals surface area contributed by atoms with E-state index < -0.39 is 0 Å². The molecule has 1 fully saturated rings. The molecule has 0 unspecified atom stereocenters. The lowest BCUT2D eigenvalue weighted by atomic mass is 9.82. The first-order chi connectivity index (χ1) is 8.89. The Labute approximate surface area is 115 Å². The number of ether oxygens (including phenoxy) is 2. The van der Waals surface area contributed by atoms with Crippen LogP contribution in [0.2, 0.25) is 0 Å². The predicted molar refractivity (Wildman–Crippen MR) is 71.4 cm³/mol. The maximum absolute atomic E-state index is 12.0. The Bertz CT molecular complexity index is 301. The maximum atomic E-state index is 12.0. The smallest absolute Gasteiger partial charge is 0.229 e. The van der Waals surface area contributed by atoms with Gasteiger partial charge in [0.1, 0.15) is 0 Å². The van der Waals surface area contributed by atoms with Crippen molar-refractivity contribution in [3.05, 3.63) is 0 Å². The first-order valence-corrected chi connectivity index (χ1v) is 6.96. The van der Waals surface area contributed by atoms with Crippen LogP contribution in [0.1, 0.15) is 47.0 Å². The zero-order chi connectivity index (χ0) is 14.5. The van der Waals surface area contributed by atoms with Gasteiger partial charge >= 0.3 is 0 Å². The van der Waals surface area contributed by atoms with Gasteiger partial charge in [0.15, 0.2) is 6.29 Å². The van der Waals surface area contributed by atoms with Crippen LogP contribution in [0.5, 0.6) is 0 Å². The van der Waals surface area contributed by atoms with Gasteiger partial charge in [0.25, 0.3) is 0 Å². The highest BCUT2D eigenvalue weighted by Gasteiger charge is 2.37. The Balaban J connectivity index is 2.52. The molecular weight excluding hydrogens is 246 g/mol. The highest BCUT2D eigenvalue weighted by molar-refractivity contribution is 5.98. The quantitative estimate of drug-likeness (QED) is 0.524. The Hall–Kier alpha value is -0.940. The third-order valence-corrected chi connectivity index (χ3v) is 3.16. The van der Waals surface area contributed by atoms with Gasteiger partial charge in [-0.25, -0.2) is 0 Å². The van der Waals surface area contributed by atoms with Gasteiger partial charge in [0.05, 0.1) is 0 Å². The summed E-state index contributed by atoms with van der Waals surface area (Å²) in [5.74, 6) is -0.180. The van der Waals surface area contributed by atoms with Crippen LogP contribution in [0.4, 0.5) is 0 Å². The number of piperidine rings is 1. The minimum absolute atomic E-state index is 0.0898. The van der Waals surface area contributed by atoms with Gasteiger partial charge in [-0.3, -0.25) is 14.5 Å². The Kier molecular flexibility index (Phi) is 5.94. The highest BCUT2D eigenvalue weighted by atomic mass is 16.7. The molecule has 110 valence electrons. The van der Waals surface area contributed by atoms with E-state index in [0.717, 1.165) is 0 Å². The van der Waals surface area contributed by atoms with Crippen molar-refractivity contribution in [3.8, 4) is 0 Å². The van der Waals surface area contributed by atoms with Crippen LogP contribution in [0, 0.1) is 5.41 Å². The van der Waals surface area contributed by atoms with E-state index in [1.807, 2.05) is 27.7 Å². The fourth-order valence-electron chi connectivity index (χ4n) is 2.28. The number of carbonyl (C=O) groups is 2. The predicted octanol–water partition coefficient (Wildman–Crippen LogP) is 1.95. The minimum atomic E-state index is -0.342. The summed E-state index contributed by atoms with van der Waals surface area (Å²) >= 11 is 0. The monoisotopic (exact) mass is 271 g/mol. The molecule has 1 rings (SSSR count). The molecule has 0 aromatic carbocycles. The second kappa shape index (κ2) is 7.01. The lowest BCUT2D eigenvalue weighted by Crippen LogP contribution is -2.47. The van der Waals surface area contributed by atoms with E-state index in [1.54, 1.807) is 0 Å². The molecule has 0 atom stereocenters. The van der Waals surface area contributed by atoms with Crippen LogP contribution in [0.15, 0.2) is 0 Å². The number of nitrogens with zero attached hydrogens (tertiary/aromatic N) is 1. The molecule has 0 bridgehead atoms. The van der Waals surface area contributed by atoms with E-state index in [2.05, 4.69) is 0 Å². The van der Waals surface area contributed by atoms with E-state index in [4.69, 9.17) is 9.47 Å². The third kappa shape index (κ3) is 4.91. The van der Waals surface area contributed by atoms with Crippen LogP contribution in [0.25, 0.3) is 0 Å². The number of carbonyl (C=O) groups excluding carboxylic acids is 2. The van der Waals surface area contributed by atoms with Gasteiger partial charge in [0, 0.05) is 39.0 Å². The number of amides is 2. The molecule has 0 radical (unpaired) electrons. The van der Waals surface area contributed by atoms with Crippen molar-refractivity contribution in [1.82, 2.24) is 4.90 Å². The molecule has 0 aromatic rings. The fraction of sp³-hybridized carbons (Fsp3) is 0.857. The lowest BCUT2D eigenvalue weighted by Gasteiger charge is -2.35. The zero-order valence-corrected chi connectivity index (χ0v) is 12.4. The molecule has 2 amide bonds. The summed E-state index contributed by atoms with van der Waals surface area (Å²) in [4.78, 5) is 25.3. The summed E-state index contributed by atoms with van der Waals surface area (Å²) in [6.07, 6.45) is 1.03. The van der Waals surface area contributed by atoms with E-state index in [1.165, 1.54) is 4.90 Å². The van der Waals surface area contributed by atoms with Gasteiger partial charge in [-0.1, -0.05) is 13.8 Å². The van der Waals surface area contributed by atoms with Gasteiger partial charge in [0.2, 0.25) is 11.8 Å². The van der Waals surface area contributed by atoms with Crippen molar-refractivity contribution in [1.29, 1.82) is 0 Å². The number of hydrogen-bond donors (Lipinski definition) is 0. The minimum Gasteiger partial charge on any atom is -0.353 e. The van der Waals surface area contributed by atoms with Gasteiger partial charge in [-0.05, 0) is 19.3 Å². The summed E-state index contributed by atoms with van der Waals surface area (Å²) in [7, 11) is 0. The summed E-state index contributed by atoms with van der Waals surface area (Å²) < 4.78 is 10.8. The fourth-order valence-corrected chi connectivity index (χ4v) is 2.28. The second-order valence-corrected chi connectivity index (χ2v) is 5.59. The topological polar surface area (TPSA) is 55.8 Å². The van der Waals surface area contributed by atoms with Crippen LogP contribution in [-0.2, 0) is 19.1 Å². The summed E-state index contributed by atoms with van der Waals surface area (Å²) in [6.45, 7) is 9.17. The van der Waals surface area contributed by atoms with Crippen LogP contribution in [0.3, 0.4) is 0 Å².